The van der Waals surface area contributed by atoms with E-state index in [-0.39, 0.29) is 11.8 Å². The fourth-order valence-corrected chi connectivity index (χ4v) is 7.00. The van der Waals surface area contributed by atoms with Crippen LogP contribution in [0.15, 0.2) is 18.2 Å². The number of fused-ring (bicyclic) bond motifs is 5. The lowest BCUT2D eigenvalue weighted by molar-refractivity contribution is -0.178. The molecule has 1 aromatic carbocycles. The lowest BCUT2D eigenvalue weighted by Crippen LogP contribution is -2.47. The molecule has 2 fully saturated rings. The molecule has 0 radical (unpaired) electrons. The second-order valence-electron chi connectivity index (χ2n) is 10.6. The standard InChI is InChI=1S/C28H38O7/c1-6-7-14-32-20-9-11-21-19(15-20)8-10-23-22(21)12-13-28(5)24(23)25(33-16(2)29)26(34-17(3)30)27(28)35-18(4)31/h9,11,15,22-27H,6-8,10,12-14H2,1-5H3/t22?,23?,24-,25?,26?,27+,28+/m1/s1. The van der Waals surface area contributed by atoms with Crippen LogP contribution in [0.5, 0.6) is 5.75 Å². The molecule has 35 heavy (non-hydrogen) atoms. The van der Waals surface area contributed by atoms with E-state index < -0.39 is 41.6 Å². The Labute approximate surface area is 207 Å². The van der Waals surface area contributed by atoms with Crippen LogP contribution in [0.1, 0.15) is 83.8 Å². The number of ether oxygens (including phenoxy) is 4. The Morgan fingerprint density at radius 3 is 2.31 bits per heavy atom. The van der Waals surface area contributed by atoms with Crippen molar-refractivity contribution in [2.45, 2.75) is 97.4 Å². The molecule has 3 aliphatic rings. The van der Waals surface area contributed by atoms with Crippen LogP contribution in [0.25, 0.3) is 0 Å². The fourth-order valence-electron chi connectivity index (χ4n) is 7.00. The van der Waals surface area contributed by atoms with Gasteiger partial charge in [0.05, 0.1) is 6.61 Å². The predicted molar refractivity (Wildman–Crippen MR) is 129 cm³/mol. The topological polar surface area (TPSA) is 88.1 Å². The summed E-state index contributed by atoms with van der Waals surface area (Å²) < 4.78 is 23.3. The molecular weight excluding hydrogens is 448 g/mol. The van der Waals surface area contributed by atoms with Crippen molar-refractivity contribution in [3.05, 3.63) is 29.3 Å². The molecule has 1 aromatic rings. The lowest BCUT2D eigenvalue weighted by Gasteiger charge is -2.50. The van der Waals surface area contributed by atoms with Crippen LogP contribution in [0.2, 0.25) is 0 Å². The van der Waals surface area contributed by atoms with Gasteiger partial charge in [0.25, 0.3) is 0 Å². The largest absolute Gasteiger partial charge is 0.494 e. The van der Waals surface area contributed by atoms with E-state index in [1.807, 2.05) is 0 Å². The zero-order valence-corrected chi connectivity index (χ0v) is 21.5. The number of hydrogen-bond acceptors (Lipinski definition) is 7. The van der Waals surface area contributed by atoms with Crippen LogP contribution >= 0.6 is 0 Å². The van der Waals surface area contributed by atoms with Crippen molar-refractivity contribution in [1.82, 2.24) is 0 Å². The van der Waals surface area contributed by atoms with Crippen molar-refractivity contribution < 1.29 is 33.3 Å². The Kier molecular flexibility index (Phi) is 7.43. The maximum Gasteiger partial charge on any atom is 0.303 e. The minimum Gasteiger partial charge on any atom is -0.494 e. The van der Waals surface area contributed by atoms with Crippen LogP contribution in [0, 0.1) is 17.3 Å². The summed E-state index contributed by atoms with van der Waals surface area (Å²) in [6.07, 6.45) is 3.54. The molecule has 0 saturated heterocycles. The third-order valence-electron chi connectivity index (χ3n) is 8.28. The molecule has 0 aromatic heterocycles. The Hall–Kier alpha value is -2.57. The average Bonchev–Trinajstić information content (AvgIpc) is 3.00. The van der Waals surface area contributed by atoms with Gasteiger partial charge in [0.15, 0.2) is 6.10 Å². The molecule has 2 saturated carbocycles. The normalized spacial score (nSPS) is 33.1. The van der Waals surface area contributed by atoms with Gasteiger partial charge < -0.3 is 18.9 Å². The average molecular weight is 487 g/mol. The number of carbonyl (C=O) groups excluding carboxylic acids is 3. The maximum absolute atomic E-state index is 12.2. The zero-order valence-electron chi connectivity index (χ0n) is 21.5. The summed E-state index contributed by atoms with van der Waals surface area (Å²) in [7, 11) is 0. The highest BCUT2D eigenvalue weighted by Crippen LogP contribution is 2.62. The molecule has 4 rings (SSSR count). The van der Waals surface area contributed by atoms with Gasteiger partial charge in [-0.1, -0.05) is 26.3 Å². The SMILES string of the molecule is CCCCOc1ccc2c(c1)CCC1C2CC[C@@]2(C)[C@H]1C(OC(C)=O)C(OC(C)=O)[C@@H]2OC(C)=O. The van der Waals surface area contributed by atoms with Gasteiger partial charge in [0, 0.05) is 32.1 Å². The second kappa shape index (κ2) is 10.2. The van der Waals surface area contributed by atoms with E-state index in [9.17, 15) is 14.4 Å². The van der Waals surface area contributed by atoms with Gasteiger partial charge in [-0.3, -0.25) is 14.4 Å². The van der Waals surface area contributed by atoms with Gasteiger partial charge in [-0.25, -0.2) is 0 Å². The van der Waals surface area contributed by atoms with Crippen molar-refractivity contribution in [2.24, 2.45) is 17.3 Å². The predicted octanol–water partition coefficient (Wildman–Crippen LogP) is 4.74. The van der Waals surface area contributed by atoms with Crippen molar-refractivity contribution in [1.29, 1.82) is 0 Å². The number of rotatable bonds is 7. The molecule has 0 spiro atoms. The Morgan fingerprint density at radius 2 is 1.66 bits per heavy atom. The minimum atomic E-state index is -0.815. The number of esters is 3. The van der Waals surface area contributed by atoms with Crippen molar-refractivity contribution in [3.8, 4) is 5.75 Å². The number of benzene rings is 1. The van der Waals surface area contributed by atoms with Gasteiger partial charge in [-0.05, 0) is 67.2 Å². The zero-order chi connectivity index (χ0) is 25.3. The summed E-state index contributed by atoms with van der Waals surface area (Å²) >= 11 is 0. The molecule has 3 aliphatic carbocycles. The first-order chi connectivity index (χ1) is 16.7. The third kappa shape index (κ3) is 4.91. The van der Waals surface area contributed by atoms with Crippen LogP contribution in [-0.2, 0) is 35.0 Å². The summed E-state index contributed by atoms with van der Waals surface area (Å²) in [5.74, 6) is 0.0113. The van der Waals surface area contributed by atoms with E-state index in [1.54, 1.807) is 0 Å². The summed E-state index contributed by atoms with van der Waals surface area (Å²) in [5, 5.41) is 0. The molecule has 192 valence electrons. The van der Waals surface area contributed by atoms with E-state index in [2.05, 4.69) is 32.0 Å². The molecule has 0 aliphatic heterocycles. The van der Waals surface area contributed by atoms with Gasteiger partial charge in [-0.2, -0.15) is 0 Å². The van der Waals surface area contributed by atoms with E-state index in [0.29, 0.717) is 5.92 Å². The van der Waals surface area contributed by atoms with Crippen molar-refractivity contribution in [2.75, 3.05) is 6.61 Å². The summed E-state index contributed by atoms with van der Waals surface area (Å²) in [6, 6.07) is 6.43. The quantitative estimate of drug-likeness (QED) is 0.313. The summed E-state index contributed by atoms with van der Waals surface area (Å²) in [4.78, 5) is 36.3. The number of aryl methyl sites for hydroxylation is 1. The monoisotopic (exact) mass is 486 g/mol. The molecule has 0 bridgehead atoms. The first kappa shape index (κ1) is 25.5. The van der Waals surface area contributed by atoms with Crippen molar-refractivity contribution in [3.63, 3.8) is 0 Å². The highest BCUT2D eigenvalue weighted by molar-refractivity contribution is 5.69. The van der Waals surface area contributed by atoms with E-state index >= 15 is 0 Å². The Balaban J connectivity index is 1.68. The number of hydrogen-bond donors (Lipinski definition) is 0. The lowest BCUT2D eigenvalue weighted by atomic mass is 9.55. The molecular formula is C28H38O7. The first-order valence-electron chi connectivity index (χ1n) is 12.9. The summed E-state index contributed by atoms with van der Waals surface area (Å²) in [6.45, 7) is 9.04. The van der Waals surface area contributed by atoms with Crippen LogP contribution in [0.4, 0.5) is 0 Å². The maximum atomic E-state index is 12.2. The smallest absolute Gasteiger partial charge is 0.303 e. The van der Waals surface area contributed by atoms with E-state index in [0.717, 1.165) is 50.9 Å². The molecule has 4 unspecified atom stereocenters. The van der Waals surface area contributed by atoms with Crippen LogP contribution < -0.4 is 4.74 Å². The fraction of sp³-hybridized carbons (Fsp3) is 0.679. The van der Waals surface area contributed by atoms with E-state index in [4.69, 9.17) is 18.9 Å². The van der Waals surface area contributed by atoms with Crippen LogP contribution in [-0.4, -0.2) is 42.8 Å². The van der Waals surface area contributed by atoms with Crippen molar-refractivity contribution >= 4 is 17.9 Å². The van der Waals surface area contributed by atoms with Gasteiger partial charge >= 0.3 is 17.9 Å². The summed E-state index contributed by atoms with van der Waals surface area (Å²) in [5.41, 5.74) is 2.18. The molecule has 0 amide bonds. The second-order valence-corrected chi connectivity index (χ2v) is 10.6. The first-order valence-corrected chi connectivity index (χ1v) is 12.9. The molecule has 0 N–H and O–H groups in total. The highest BCUT2D eigenvalue weighted by Gasteiger charge is 2.67. The Morgan fingerprint density at radius 1 is 0.971 bits per heavy atom. The third-order valence-corrected chi connectivity index (χ3v) is 8.28. The Bertz CT molecular complexity index is 972. The van der Waals surface area contributed by atoms with E-state index in [1.165, 1.54) is 31.9 Å². The molecule has 7 heteroatoms. The molecule has 0 heterocycles. The minimum absolute atomic E-state index is 0.0903. The highest BCUT2D eigenvalue weighted by atomic mass is 16.6. The molecule has 7 nitrogen and oxygen atoms in total. The van der Waals surface area contributed by atoms with Gasteiger partial charge in [0.2, 0.25) is 0 Å². The van der Waals surface area contributed by atoms with Gasteiger partial charge in [0.1, 0.15) is 18.0 Å². The van der Waals surface area contributed by atoms with Gasteiger partial charge in [-0.15, -0.1) is 0 Å². The molecule has 7 atom stereocenters. The van der Waals surface area contributed by atoms with Crippen LogP contribution in [0.3, 0.4) is 0 Å². The number of carbonyl (C=O) groups is 3. The number of unbranched alkanes of at least 4 members (excludes halogenated alkanes) is 1.